The molecule has 3 aromatic heterocycles. The maximum absolute atomic E-state index is 11.3. The van der Waals surface area contributed by atoms with Gasteiger partial charge in [-0.1, -0.05) is 19.1 Å². The van der Waals surface area contributed by atoms with Crippen molar-refractivity contribution in [2.75, 3.05) is 5.32 Å². The molecule has 0 amide bonds. The van der Waals surface area contributed by atoms with E-state index in [-0.39, 0.29) is 12.0 Å². The van der Waals surface area contributed by atoms with Gasteiger partial charge in [-0.15, -0.1) is 5.10 Å². The van der Waals surface area contributed by atoms with Crippen LogP contribution in [0.3, 0.4) is 0 Å². The van der Waals surface area contributed by atoms with Crippen molar-refractivity contribution in [1.29, 1.82) is 0 Å². The zero-order valence-electron chi connectivity index (χ0n) is 20.0. The summed E-state index contributed by atoms with van der Waals surface area (Å²) in [6.07, 6.45) is 3.70. The summed E-state index contributed by atoms with van der Waals surface area (Å²) in [4.78, 5) is 20.6. The Hall–Kier alpha value is -3.08. The van der Waals surface area contributed by atoms with E-state index in [2.05, 4.69) is 38.8 Å². The number of aliphatic carboxylic acids is 1. The van der Waals surface area contributed by atoms with E-state index >= 15 is 0 Å². The fourth-order valence-electron chi connectivity index (χ4n) is 4.17. The van der Waals surface area contributed by atoms with Gasteiger partial charge >= 0.3 is 5.97 Å². The number of hydrogen-bond donors (Lipinski definition) is 2. The highest BCUT2D eigenvalue weighted by molar-refractivity contribution is 7.09. The maximum atomic E-state index is 11.3. The number of rotatable bonds is 9. The molecule has 10 nitrogen and oxygen atoms in total. The van der Waals surface area contributed by atoms with Gasteiger partial charge in [-0.05, 0) is 50.7 Å². The molecule has 0 saturated heterocycles. The molecule has 3 heterocycles. The third kappa shape index (κ3) is 5.69. The molecular weight excluding hydrogens is 454 g/mol. The van der Waals surface area contributed by atoms with Gasteiger partial charge in [-0.3, -0.25) is 4.79 Å². The van der Waals surface area contributed by atoms with Crippen LogP contribution in [0.25, 0.3) is 11.4 Å². The summed E-state index contributed by atoms with van der Waals surface area (Å²) in [6.45, 7) is 6.68. The molecule has 1 aliphatic carbocycles. The predicted octanol–water partition coefficient (Wildman–Crippen LogP) is 3.87. The highest BCUT2D eigenvalue weighted by atomic mass is 32.1. The second kappa shape index (κ2) is 10.5. The number of anilines is 1. The van der Waals surface area contributed by atoms with Gasteiger partial charge in [0.1, 0.15) is 17.3 Å². The molecule has 34 heavy (non-hydrogen) atoms. The Morgan fingerprint density at radius 3 is 2.88 bits per heavy atom. The molecule has 2 atom stereocenters. The second-order valence-electron chi connectivity index (χ2n) is 9.20. The quantitative estimate of drug-likeness (QED) is 0.464. The molecule has 0 unspecified atom stereocenters. The summed E-state index contributed by atoms with van der Waals surface area (Å²) < 4.78 is 12.3. The van der Waals surface area contributed by atoms with E-state index in [1.807, 2.05) is 26.1 Å². The SMILES string of the molecule is Cc1nc(-c2nnn(C)c2CNc2nc(CC(C)C)ns2)ccc1O[C@H]1CCC[C@H](C(=O)O)C1. The topological polar surface area (TPSA) is 128 Å². The Labute approximate surface area is 203 Å². The van der Waals surface area contributed by atoms with Crippen molar-refractivity contribution >= 4 is 22.6 Å². The van der Waals surface area contributed by atoms with Crippen molar-refractivity contribution in [2.45, 2.75) is 65.5 Å². The van der Waals surface area contributed by atoms with Crippen LogP contribution in [0.1, 0.15) is 56.7 Å². The van der Waals surface area contributed by atoms with Gasteiger partial charge in [0.05, 0.1) is 35.6 Å². The lowest BCUT2D eigenvalue weighted by Gasteiger charge is -2.27. The van der Waals surface area contributed by atoms with Gasteiger partial charge in [0.2, 0.25) is 5.13 Å². The van der Waals surface area contributed by atoms with Crippen LogP contribution in [0.4, 0.5) is 5.13 Å². The fraction of sp³-hybridized carbons (Fsp3) is 0.565. The van der Waals surface area contributed by atoms with Gasteiger partial charge in [-0.25, -0.2) is 14.6 Å². The Morgan fingerprint density at radius 1 is 1.32 bits per heavy atom. The molecule has 0 aromatic carbocycles. The molecular formula is C23H31N7O3S. The second-order valence-corrected chi connectivity index (χ2v) is 9.95. The van der Waals surface area contributed by atoms with E-state index in [0.29, 0.717) is 42.4 Å². The molecule has 11 heteroatoms. The van der Waals surface area contributed by atoms with E-state index < -0.39 is 5.97 Å². The maximum Gasteiger partial charge on any atom is 0.306 e. The minimum atomic E-state index is -0.744. The van der Waals surface area contributed by atoms with Gasteiger partial charge < -0.3 is 15.2 Å². The highest BCUT2D eigenvalue weighted by Crippen LogP contribution is 2.30. The Morgan fingerprint density at radius 2 is 2.15 bits per heavy atom. The van der Waals surface area contributed by atoms with Gasteiger partial charge in [-0.2, -0.15) is 4.37 Å². The molecule has 2 N–H and O–H groups in total. The molecule has 1 aliphatic rings. The first-order valence-corrected chi connectivity index (χ1v) is 12.4. The molecule has 0 spiro atoms. The first-order chi connectivity index (χ1) is 16.3. The van der Waals surface area contributed by atoms with Crippen LogP contribution in [0.2, 0.25) is 0 Å². The molecule has 0 radical (unpaired) electrons. The van der Waals surface area contributed by atoms with Crippen LogP contribution in [-0.4, -0.2) is 46.5 Å². The zero-order chi connectivity index (χ0) is 24.2. The first kappa shape index (κ1) is 24.1. The Balaban J connectivity index is 1.45. The summed E-state index contributed by atoms with van der Waals surface area (Å²) in [5, 5.41) is 21.9. The van der Waals surface area contributed by atoms with E-state index in [9.17, 15) is 9.90 Å². The molecule has 4 rings (SSSR count). The minimum Gasteiger partial charge on any atom is -0.489 e. The first-order valence-electron chi connectivity index (χ1n) is 11.6. The average Bonchev–Trinajstić information content (AvgIpc) is 3.39. The zero-order valence-corrected chi connectivity index (χ0v) is 20.8. The molecule has 1 saturated carbocycles. The van der Waals surface area contributed by atoms with Crippen molar-refractivity contribution < 1.29 is 14.6 Å². The number of ether oxygens (including phenoxy) is 1. The standard InChI is InChI=1S/C23H31N7O3S/c1-13(2)10-20-26-23(34-28-20)24-12-18-21(27-29-30(18)4)17-8-9-19(14(3)25-17)33-16-7-5-6-15(11-16)22(31)32/h8-9,13,15-16H,5-7,10-12H2,1-4H3,(H,31,32)(H,24,26,28)/t15-,16-/m0/s1. The van der Waals surface area contributed by atoms with Crippen LogP contribution < -0.4 is 10.1 Å². The third-order valence-corrected chi connectivity index (χ3v) is 6.67. The summed E-state index contributed by atoms with van der Waals surface area (Å²) in [7, 11) is 1.85. The number of aryl methyl sites for hydroxylation is 2. The fourth-order valence-corrected chi connectivity index (χ4v) is 4.76. The smallest absolute Gasteiger partial charge is 0.306 e. The molecule has 0 aliphatic heterocycles. The monoisotopic (exact) mass is 485 g/mol. The number of hydrogen-bond acceptors (Lipinski definition) is 9. The van der Waals surface area contributed by atoms with Gasteiger partial charge in [0.15, 0.2) is 0 Å². The lowest BCUT2D eigenvalue weighted by atomic mass is 9.87. The summed E-state index contributed by atoms with van der Waals surface area (Å²) in [5.74, 6) is 0.956. The minimum absolute atomic E-state index is 0.107. The van der Waals surface area contributed by atoms with Crippen LogP contribution >= 0.6 is 11.5 Å². The third-order valence-electron chi connectivity index (χ3n) is 5.96. The van der Waals surface area contributed by atoms with Crippen LogP contribution in [0.5, 0.6) is 5.75 Å². The van der Waals surface area contributed by atoms with Crippen molar-refractivity contribution in [3.8, 4) is 17.1 Å². The lowest BCUT2D eigenvalue weighted by molar-refractivity contribution is -0.143. The van der Waals surface area contributed by atoms with Crippen molar-refractivity contribution in [1.82, 2.24) is 29.3 Å². The number of nitrogens with one attached hydrogen (secondary N) is 1. The average molecular weight is 486 g/mol. The number of aromatic nitrogens is 6. The largest absolute Gasteiger partial charge is 0.489 e. The van der Waals surface area contributed by atoms with Gasteiger partial charge in [0.25, 0.3) is 0 Å². The molecule has 3 aromatic rings. The molecule has 1 fully saturated rings. The highest BCUT2D eigenvalue weighted by Gasteiger charge is 2.28. The summed E-state index contributed by atoms with van der Waals surface area (Å²) >= 11 is 1.35. The number of nitrogens with zero attached hydrogens (tertiary/aromatic N) is 6. The van der Waals surface area contributed by atoms with Crippen molar-refractivity contribution in [3.05, 3.63) is 29.3 Å². The molecule has 182 valence electrons. The number of carboxylic acid groups (broad SMARTS) is 1. The van der Waals surface area contributed by atoms with Crippen LogP contribution in [0.15, 0.2) is 12.1 Å². The van der Waals surface area contributed by atoms with Crippen molar-refractivity contribution in [2.24, 2.45) is 18.9 Å². The Kier molecular flexibility index (Phi) is 7.40. The van der Waals surface area contributed by atoms with Crippen LogP contribution in [-0.2, 0) is 24.8 Å². The van der Waals surface area contributed by atoms with Gasteiger partial charge in [0, 0.05) is 25.0 Å². The summed E-state index contributed by atoms with van der Waals surface area (Å²) in [5.41, 5.74) is 3.03. The number of carbonyl (C=O) groups is 1. The van der Waals surface area contributed by atoms with E-state index in [0.717, 1.165) is 41.6 Å². The van der Waals surface area contributed by atoms with E-state index in [1.54, 1.807) is 4.68 Å². The van der Waals surface area contributed by atoms with Crippen molar-refractivity contribution in [3.63, 3.8) is 0 Å². The van der Waals surface area contributed by atoms with E-state index in [1.165, 1.54) is 11.5 Å². The number of carboxylic acids is 1. The normalized spacial score (nSPS) is 18.3. The Bertz CT molecular complexity index is 1140. The summed E-state index contributed by atoms with van der Waals surface area (Å²) in [6, 6.07) is 3.76. The number of pyridine rings is 1. The predicted molar refractivity (Wildman–Crippen MR) is 129 cm³/mol. The molecule has 0 bridgehead atoms. The lowest BCUT2D eigenvalue weighted by Crippen LogP contribution is -2.29. The van der Waals surface area contributed by atoms with E-state index in [4.69, 9.17) is 9.72 Å². The van der Waals surface area contributed by atoms with Crippen LogP contribution in [0, 0.1) is 18.8 Å².